The molecule has 1 aromatic carbocycles. The van der Waals surface area contributed by atoms with E-state index < -0.39 is 5.97 Å². The molecule has 19 heavy (non-hydrogen) atoms. The fourth-order valence-electron chi connectivity index (χ4n) is 1.98. The van der Waals surface area contributed by atoms with Gasteiger partial charge < -0.3 is 14.3 Å². The summed E-state index contributed by atoms with van der Waals surface area (Å²) in [6.45, 7) is 0.274. The SMILES string of the molecule is O=C(O)/C=C/c1cc2c(o1)-c1ccc(F)cc1OC2. The Morgan fingerprint density at radius 2 is 2.21 bits per heavy atom. The van der Waals surface area contributed by atoms with Crippen LogP contribution in [0.15, 0.2) is 34.8 Å². The number of furan rings is 1. The van der Waals surface area contributed by atoms with Crippen LogP contribution in [0.1, 0.15) is 11.3 Å². The molecule has 0 unspecified atom stereocenters. The summed E-state index contributed by atoms with van der Waals surface area (Å²) in [5, 5.41) is 8.57. The topological polar surface area (TPSA) is 59.7 Å². The minimum Gasteiger partial charge on any atom is -0.488 e. The molecule has 2 aromatic rings. The van der Waals surface area contributed by atoms with E-state index in [-0.39, 0.29) is 12.4 Å². The Balaban J connectivity index is 2.04. The van der Waals surface area contributed by atoms with E-state index in [0.29, 0.717) is 22.8 Å². The van der Waals surface area contributed by atoms with Gasteiger partial charge in [0.15, 0.2) is 0 Å². The lowest BCUT2D eigenvalue weighted by Crippen LogP contribution is -2.03. The van der Waals surface area contributed by atoms with Crippen molar-refractivity contribution in [3.8, 4) is 17.1 Å². The first-order valence-electron chi connectivity index (χ1n) is 5.60. The van der Waals surface area contributed by atoms with Gasteiger partial charge in [-0.15, -0.1) is 0 Å². The minimum atomic E-state index is -1.05. The third-order valence-corrected chi connectivity index (χ3v) is 2.79. The van der Waals surface area contributed by atoms with E-state index in [1.54, 1.807) is 12.1 Å². The van der Waals surface area contributed by atoms with E-state index in [4.69, 9.17) is 14.3 Å². The summed E-state index contributed by atoms with van der Waals surface area (Å²) in [7, 11) is 0. The lowest BCUT2D eigenvalue weighted by atomic mass is 10.1. The minimum absolute atomic E-state index is 0.274. The highest BCUT2D eigenvalue weighted by molar-refractivity contribution is 5.85. The standard InChI is InChI=1S/C14H9FO4/c15-9-1-3-11-12(6-9)18-7-8-5-10(19-14(8)11)2-4-13(16)17/h1-6H,7H2,(H,16,17)/b4-2+. The van der Waals surface area contributed by atoms with Crippen molar-refractivity contribution >= 4 is 12.0 Å². The largest absolute Gasteiger partial charge is 0.488 e. The summed E-state index contributed by atoms with van der Waals surface area (Å²) in [6.07, 6.45) is 2.36. The van der Waals surface area contributed by atoms with E-state index in [9.17, 15) is 9.18 Å². The van der Waals surface area contributed by atoms with Gasteiger partial charge in [0.05, 0.1) is 5.56 Å². The maximum Gasteiger partial charge on any atom is 0.328 e. The van der Waals surface area contributed by atoms with Gasteiger partial charge >= 0.3 is 5.97 Å². The second-order valence-electron chi connectivity index (χ2n) is 4.10. The van der Waals surface area contributed by atoms with Crippen molar-refractivity contribution < 1.29 is 23.4 Å². The summed E-state index contributed by atoms with van der Waals surface area (Å²) in [4.78, 5) is 10.5. The highest BCUT2D eigenvalue weighted by Gasteiger charge is 2.22. The highest BCUT2D eigenvalue weighted by Crippen LogP contribution is 2.39. The zero-order valence-corrected chi connectivity index (χ0v) is 9.72. The quantitative estimate of drug-likeness (QED) is 0.843. The number of carbonyl (C=O) groups is 1. The molecule has 0 bridgehead atoms. The molecule has 0 atom stereocenters. The number of fused-ring (bicyclic) bond motifs is 3. The van der Waals surface area contributed by atoms with Gasteiger partial charge in [-0.05, 0) is 24.3 Å². The van der Waals surface area contributed by atoms with Crippen molar-refractivity contribution in [1.82, 2.24) is 0 Å². The number of halogens is 1. The molecule has 1 aromatic heterocycles. The van der Waals surface area contributed by atoms with Gasteiger partial charge in [-0.2, -0.15) is 0 Å². The first-order valence-corrected chi connectivity index (χ1v) is 5.60. The monoisotopic (exact) mass is 260 g/mol. The van der Waals surface area contributed by atoms with E-state index in [0.717, 1.165) is 11.6 Å². The van der Waals surface area contributed by atoms with Crippen molar-refractivity contribution in [1.29, 1.82) is 0 Å². The Kier molecular flexibility index (Phi) is 2.59. The molecular weight excluding hydrogens is 251 g/mol. The molecular formula is C14H9FO4. The fraction of sp³-hybridized carbons (Fsp3) is 0.0714. The van der Waals surface area contributed by atoms with E-state index >= 15 is 0 Å². The predicted molar refractivity (Wildman–Crippen MR) is 65.1 cm³/mol. The van der Waals surface area contributed by atoms with Crippen LogP contribution in [-0.4, -0.2) is 11.1 Å². The molecule has 1 N–H and O–H groups in total. The van der Waals surface area contributed by atoms with Gasteiger partial charge in [-0.1, -0.05) is 0 Å². The number of carboxylic acid groups (broad SMARTS) is 1. The summed E-state index contributed by atoms with van der Waals surface area (Å²) < 4.78 is 24.1. The number of hydrogen-bond donors (Lipinski definition) is 1. The van der Waals surface area contributed by atoms with Crippen LogP contribution < -0.4 is 4.74 Å². The summed E-state index contributed by atoms with van der Waals surface area (Å²) >= 11 is 0. The third-order valence-electron chi connectivity index (χ3n) is 2.79. The Labute approximate surface area is 107 Å². The smallest absolute Gasteiger partial charge is 0.328 e. The Hall–Kier alpha value is -2.56. The number of aliphatic carboxylic acids is 1. The van der Waals surface area contributed by atoms with Crippen LogP contribution in [0.25, 0.3) is 17.4 Å². The molecule has 3 rings (SSSR count). The van der Waals surface area contributed by atoms with Crippen LogP contribution in [-0.2, 0) is 11.4 Å². The predicted octanol–water partition coefficient (Wildman–Crippen LogP) is 3.08. The zero-order valence-electron chi connectivity index (χ0n) is 9.72. The molecule has 1 aliphatic rings. The first kappa shape index (κ1) is 11.5. The van der Waals surface area contributed by atoms with E-state index in [1.807, 2.05) is 0 Å². The van der Waals surface area contributed by atoms with E-state index in [2.05, 4.69) is 0 Å². The second kappa shape index (κ2) is 4.28. The van der Waals surface area contributed by atoms with Gasteiger partial charge in [0, 0.05) is 17.7 Å². The maximum absolute atomic E-state index is 13.1. The normalized spacial score (nSPS) is 12.9. The molecule has 0 fully saturated rings. The molecule has 4 nitrogen and oxygen atoms in total. The van der Waals surface area contributed by atoms with Crippen molar-refractivity contribution in [2.24, 2.45) is 0 Å². The van der Waals surface area contributed by atoms with Gasteiger partial charge in [0.25, 0.3) is 0 Å². The number of carboxylic acids is 1. The van der Waals surface area contributed by atoms with Gasteiger partial charge in [0.1, 0.15) is 29.7 Å². The summed E-state index contributed by atoms with van der Waals surface area (Å²) in [6, 6.07) is 5.91. The van der Waals surface area contributed by atoms with Crippen LogP contribution in [0.4, 0.5) is 4.39 Å². The Bertz CT molecular complexity index is 685. The fourth-order valence-corrected chi connectivity index (χ4v) is 1.98. The zero-order chi connectivity index (χ0) is 13.4. The van der Waals surface area contributed by atoms with Crippen molar-refractivity contribution in [2.45, 2.75) is 6.61 Å². The molecule has 0 aliphatic carbocycles. The molecule has 0 saturated heterocycles. The molecule has 0 spiro atoms. The van der Waals surface area contributed by atoms with Crippen LogP contribution >= 0.6 is 0 Å². The van der Waals surface area contributed by atoms with Crippen molar-refractivity contribution in [3.05, 3.63) is 47.5 Å². The molecule has 1 aliphatic heterocycles. The number of rotatable bonds is 2. The Morgan fingerprint density at radius 1 is 1.37 bits per heavy atom. The second-order valence-corrected chi connectivity index (χ2v) is 4.10. The molecule has 2 heterocycles. The molecule has 0 amide bonds. The lowest BCUT2D eigenvalue weighted by molar-refractivity contribution is -0.131. The Morgan fingerprint density at radius 3 is 3.00 bits per heavy atom. The van der Waals surface area contributed by atoms with Gasteiger partial charge in [-0.3, -0.25) is 0 Å². The molecule has 0 radical (unpaired) electrons. The van der Waals surface area contributed by atoms with Crippen LogP contribution in [0.2, 0.25) is 0 Å². The van der Waals surface area contributed by atoms with Crippen LogP contribution in [0.5, 0.6) is 5.75 Å². The maximum atomic E-state index is 13.1. The van der Waals surface area contributed by atoms with Crippen molar-refractivity contribution in [3.63, 3.8) is 0 Å². The third kappa shape index (κ3) is 2.10. The first-order chi connectivity index (χ1) is 9.13. The molecule has 5 heteroatoms. The van der Waals surface area contributed by atoms with E-state index in [1.165, 1.54) is 18.2 Å². The van der Waals surface area contributed by atoms with Gasteiger partial charge in [0.2, 0.25) is 0 Å². The van der Waals surface area contributed by atoms with Crippen molar-refractivity contribution in [2.75, 3.05) is 0 Å². The van der Waals surface area contributed by atoms with Crippen LogP contribution in [0, 0.1) is 5.82 Å². The highest BCUT2D eigenvalue weighted by atomic mass is 19.1. The lowest BCUT2D eigenvalue weighted by Gasteiger charge is -2.15. The summed E-state index contributed by atoms with van der Waals surface area (Å²) in [5.41, 5.74) is 1.47. The molecule has 0 saturated carbocycles. The number of ether oxygens (including phenoxy) is 1. The molecule has 96 valence electrons. The average molecular weight is 260 g/mol. The summed E-state index contributed by atoms with van der Waals surface area (Å²) in [5.74, 6) is 0.0166. The number of benzene rings is 1. The van der Waals surface area contributed by atoms with Gasteiger partial charge in [-0.25, -0.2) is 9.18 Å². The average Bonchev–Trinajstić information content (AvgIpc) is 2.79. The van der Waals surface area contributed by atoms with Crippen LogP contribution in [0.3, 0.4) is 0 Å². The number of hydrogen-bond acceptors (Lipinski definition) is 3.